The molecule has 0 saturated heterocycles. The van der Waals surface area contributed by atoms with Gasteiger partial charge in [-0.3, -0.25) is 4.98 Å². The Balaban J connectivity index is 0.00000312. The minimum absolute atomic E-state index is 0. The summed E-state index contributed by atoms with van der Waals surface area (Å²) < 4.78 is 10.7. The summed E-state index contributed by atoms with van der Waals surface area (Å²) >= 11 is 0. The first-order chi connectivity index (χ1) is 22.1. The van der Waals surface area contributed by atoms with Crippen LogP contribution in [0.5, 0.6) is 11.5 Å². The van der Waals surface area contributed by atoms with E-state index in [4.69, 9.17) is 9.72 Å². The first kappa shape index (κ1) is 28.2. The van der Waals surface area contributed by atoms with Crippen molar-refractivity contribution in [3.8, 4) is 28.4 Å². The molecular weight excluding hydrogens is 748 g/mol. The van der Waals surface area contributed by atoms with Gasteiger partial charge in [-0.05, 0) is 71.1 Å². The van der Waals surface area contributed by atoms with Crippen molar-refractivity contribution >= 4 is 49.1 Å². The summed E-state index contributed by atoms with van der Waals surface area (Å²) in [5.41, 5.74) is 8.94. The third-order valence-corrected chi connectivity index (χ3v) is 8.75. The molecule has 0 unspecified atom stereocenters. The molecule has 0 saturated carbocycles. The van der Waals surface area contributed by atoms with Crippen LogP contribution >= 0.6 is 0 Å². The molecule has 0 aliphatic heterocycles. The zero-order chi connectivity index (χ0) is 30.1. The minimum Gasteiger partial charge on any atom is -0.503 e. The van der Waals surface area contributed by atoms with Crippen LogP contribution in [0.3, 0.4) is 0 Å². The molecule has 5 nitrogen and oxygen atoms in total. The maximum atomic E-state index is 6.46. The molecule has 0 amide bonds. The van der Waals surface area contributed by atoms with Crippen molar-refractivity contribution in [1.29, 1.82) is 0 Å². The quantitative estimate of drug-likeness (QED) is 0.132. The van der Waals surface area contributed by atoms with Crippen molar-refractivity contribution in [2.24, 2.45) is 0 Å². The molecule has 0 aliphatic rings. The zero-order valence-corrected chi connectivity index (χ0v) is 27.3. The molecule has 0 radical (unpaired) electrons. The van der Waals surface area contributed by atoms with Crippen LogP contribution in [-0.4, -0.2) is 18.9 Å². The molecule has 0 fully saturated rings. The number of hydrogen-bond donors (Lipinski definition) is 0. The van der Waals surface area contributed by atoms with Crippen molar-refractivity contribution in [2.75, 3.05) is 0 Å². The maximum Gasteiger partial charge on any atom is 2.00 e. The van der Waals surface area contributed by atoms with Gasteiger partial charge in [0.15, 0.2) is 0 Å². The van der Waals surface area contributed by atoms with E-state index < -0.39 is 0 Å². The van der Waals surface area contributed by atoms with Gasteiger partial charge in [0.1, 0.15) is 5.82 Å². The number of hydrogen-bond acceptors (Lipinski definition) is 3. The number of aryl methyl sites for hydroxylation is 2. The predicted molar refractivity (Wildman–Crippen MR) is 181 cm³/mol. The minimum atomic E-state index is 0. The van der Waals surface area contributed by atoms with Crippen LogP contribution in [-0.2, 0) is 21.1 Å². The SMILES string of the molecule is Cc1cccc(C)c1-c1ccc2c(c1)c1ccc(Oc3[c-]c4c(cc3)c3ccccc3n4-c3ccccn3)[c-]c1c1nccn21.[Pt+2]. The molecule has 5 aromatic carbocycles. The fourth-order valence-electron chi connectivity index (χ4n) is 6.78. The first-order valence-electron chi connectivity index (χ1n) is 15.0. The van der Waals surface area contributed by atoms with Crippen LogP contribution in [0.4, 0.5) is 0 Å². The van der Waals surface area contributed by atoms with E-state index in [2.05, 4.69) is 107 Å². The average molecular weight is 774 g/mol. The Hall–Kier alpha value is -5.25. The van der Waals surface area contributed by atoms with Gasteiger partial charge in [0.25, 0.3) is 0 Å². The molecular formula is C40H26N4OPt. The van der Waals surface area contributed by atoms with E-state index in [1.54, 1.807) is 0 Å². The number of pyridine rings is 2. The number of ether oxygens (including phenoxy) is 1. The summed E-state index contributed by atoms with van der Waals surface area (Å²) in [6.45, 7) is 4.34. The van der Waals surface area contributed by atoms with E-state index in [1.807, 2.05) is 55.0 Å². The number of nitrogens with zero attached hydrogens (tertiary/aromatic N) is 4. The summed E-state index contributed by atoms with van der Waals surface area (Å²) in [5.74, 6) is 2.05. The Kier molecular flexibility index (Phi) is 6.74. The topological polar surface area (TPSA) is 44.3 Å². The molecule has 9 rings (SSSR count). The second kappa shape index (κ2) is 11.0. The van der Waals surface area contributed by atoms with E-state index in [9.17, 15) is 0 Å². The molecule has 0 N–H and O–H groups in total. The van der Waals surface area contributed by atoms with E-state index >= 15 is 0 Å². The molecule has 9 aromatic rings. The van der Waals surface area contributed by atoms with Gasteiger partial charge >= 0.3 is 21.1 Å². The van der Waals surface area contributed by atoms with E-state index in [-0.39, 0.29) is 21.1 Å². The molecule has 0 spiro atoms. The largest absolute Gasteiger partial charge is 2.00 e. The van der Waals surface area contributed by atoms with Crippen molar-refractivity contribution in [1.82, 2.24) is 18.9 Å². The van der Waals surface area contributed by atoms with Crippen LogP contribution in [0.15, 0.2) is 122 Å². The Labute approximate surface area is 280 Å². The van der Waals surface area contributed by atoms with Crippen LogP contribution in [0.25, 0.3) is 66.1 Å². The second-order valence-corrected chi connectivity index (χ2v) is 11.5. The fourth-order valence-corrected chi connectivity index (χ4v) is 6.78. The van der Waals surface area contributed by atoms with Gasteiger partial charge in [0, 0.05) is 41.1 Å². The predicted octanol–water partition coefficient (Wildman–Crippen LogP) is 9.81. The van der Waals surface area contributed by atoms with E-state index in [0.29, 0.717) is 11.5 Å². The summed E-state index contributed by atoms with van der Waals surface area (Å²) in [5, 5.41) is 5.38. The maximum absolute atomic E-state index is 6.46. The number of fused-ring (bicyclic) bond motifs is 9. The van der Waals surface area contributed by atoms with E-state index in [1.165, 1.54) is 22.3 Å². The third-order valence-electron chi connectivity index (χ3n) is 8.75. The number of benzene rings is 5. The van der Waals surface area contributed by atoms with Crippen LogP contribution in [0, 0.1) is 26.0 Å². The molecule has 222 valence electrons. The molecule has 0 atom stereocenters. The van der Waals surface area contributed by atoms with Crippen molar-refractivity contribution in [2.45, 2.75) is 13.8 Å². The van der Waals surface area contributed by atoms with Crippen molar-refractivity contribution < 1.29 is 25.8 Å². The average Bonchev–Trinajstić information content (AvgIpc) is 3.69. The van der Waals surface area contributed by atoms with Crippen LogP contribution in [0.2, 0.25) is 0 Å². The van der Waals surface area contributed by atoms with Crippen LogP contribution in [0.1, 0.15) is 11.1 Å². The van der Waals surface area contributed by atoms with Crippen LogP contribution < -0.4 is 4.74 Å². The molecule has 0 bridgehead atoms. The van der Waals surface area contributed by atoms with Crippen molar-refractivity contribution in [3.63, 3.8) is 0 Å². The standard InChI is InChI=1S/C40H26N4O.Pt/c1-25-8-7-9-26(2)39(25)27-13-18-35-33(22-27)30-16-14-28(23-34(30)40-42-20-21-43(35)40)45-29-15-17-32-31-10-3-4-11-36(31)44(37(32)24-29)38-12-5-6-19-41-38;/h3-22H,1-2H3;/q-2;+2. The zero-order valence-electron chi connectivity index (χ0n) is 25.1. The number of aromatic nitrogens is 4. The fraction of sp³-hybridized carbons (Fsp3) is 0.0500. The van der Waals surface area contributed by atoms with Crippen molar-refractivity contribution in [3.05, 3.63) is 145 Å². The van der Waals surface area contributed by atoms with Gasteiger partial charge in [0.2, 0.25) is 0 Å². The van der Waals surface area contributed by atoms with Gasteiger partial charge in [-0.1, -0.05) is 77.0 Å². The van der Waals surface area contributed by atoms with Gasteiger partial charge in [-0.15, -0.1) is 29.7 Å². The molecule has 4 aromatic heterocycles. The van der Waals surface area contributed by atoms with Gasteiger partial charge < -0.3 is 13.7 Å². The summed E-state index contributed by atoms with van der Waals surface area (Å²) in [6.07, 6.45) is 5.66. The monoisotopic (exact) mass is 773 g/mol. The molecule has 6 heteroatoms. The second-order valence-electron chi connectivity index (χ2n) is 11.5. The van der Waals surface area contributed by atoms with Gasteiger partial charge in [-0.25, -0.2) is 4.98 Å². The number of para-hydroxylation sites is 1. The first-order valence-corrected chi connectivity index (χ1v) is 15.0. The smallest absolute Gasteiger partial charge is 0.503 e. The Bertz CT molecular complexity index is 2580. The Morgan fingerprint density at radius 2 is 1.41 bits per heavy atom. The molecule has 46 heavy (non-hydrogen) atoms. The normalized spacial score (nSPS) is 11.5. The summed E-state index contributed by atoms with van der Waals surface area (Å²) in [6, 6.07) is 42.7. The van der Waals surface area contributed by atoms with Gasteiger partial charge in [-0.2, -0.15) is 6.07 Å². The van der Waals surface area contributed by atoms with E-state index in [0.717, 1.165) is 54.9 Å². The number of rotatable bonds is 4. The Morgan fingerprint density at radius 3 is 2.24 bits per heavy atom. The number of imidazole rings is 1. The third kappa shape index (κ3) is 4.34. The molecule has 0 aliphatic carbocycles. The Morgan fingerprint density at radius 1 is 0.630 bits per heavy atom. The molecule has 4 heterocycles. The summed E-state index contributed by atoms with van der Waals surface area (Å²) in [4.78, 5) is 9.36. The van der Waals surface area contributed by atoms with Gasteiger partial charge in [0.05, 0.1) is 5.65 Å². The summed E-state index contributed by atoms with van der Waals surface area (Å²) in [7, 11) is 0.